The van der Waals surface area contributed by atoms with E-state index in [0.29, 0.717) is 11.4 Å². The minimum Gasteiger partial charge on any atom is -0.313 e. The first-order valence-electron chi connectivity index (χ1n) is 6.94. The number of halogens is 1. The van der Waals surface area contributed by atoms with Crippen LogP contribution in [0.3, 0.4) is 0 Å². The Balaban J connectivity index is 1.56. The second-order valence-corrected chi connectivity index (χ2v) is 4.66. The molecule has 24 heavy (non-hydrogen) atoms. The lowest BCUT2D eigenvalue weighted by atomic mass is 10.2. The molecule has 0 saturated heterocycles. The fourth-order valence-electron chi connectivity index (χ4n) is 1.83. The van der Waals surface area contributed by atoms with Crippen LogP contribution in [0.25, 0.3) is 17.5 Å². The highest BCUT2D eigenvalue weighted by Crippen LogP contribution is 2.15. The van der Waals surface area contributed by atoms with Gasteiger partial charge in [0.15, 0.2) is 0 Å². The van der Waals surface area contributed by atoms with Gasteiger partial charge in [-0.3, -0.25) is 15.2 Å². The zero-order valence-electron chi connectivity index (χ0n) is 12.3. The van der Waals surface area contributed by atoms with Crippen LogP contribution in [0.2, 0.25) is 0 Å². The molecule has 0 radical (unpaired) electrons. The Labute approximate surface area is 136 Å². The van der Waals surface area contributed by atoms with E-state index in [-0.39, 0.29) is 11.8 Å². The van der Waals surface area contributed by atoms with E-state index in [1.807, 2.05) is 0 Å². The molecule has 0 bridgehead atoms. The van der Waals surface area contributed by atoms with Gasteiger partial charge in [-0.15, -0.1) is 0 Å². The molecule has 8 heteroatoms. The average Bonchev–Trinajstić information content (AvgIpc) is 3.08. The van der Waals surface area contributed by atoms with Gasteiger partial charge in [-0.25, -0.2) is 9.82 Å². The van der Waals surface area contributed by atoms with Crippen LogP contribution in [0.4, 0.5) is 10.4 Å². The molecule has 1 amide bonds. The second kappa shape index (κ2) is 7.14. The van der Waals surface area contributed by atoms with E-state index in [2.05, 4.69) is 26.0 Å². The summed E-state index contributed by atoms with van der Waals surface area (Å²) in [6.07, 6.45) is 5.95. The van der Waals surface area contributed by atoms with Crippen molar-refractivity contribution in [1.29, 1.82) is 0 Å². The largest absolute Gasteiger partial charge is 0.340 e. The van der Waals surface area contributed by atoms with Gasteiger partial charge in [0.25, 0.3) is 5.91 Å². The van der Waals surface area contributed by atoms with Crippen LogP contribution in [0.15, 0.2) is 59.4 Å². The number of hydrogen-bond acceptors (Lipinski definition) is 6. The number of amides is 1. The Hall–Kier alpha value is -3.55. The number of benzene rings is 1. The molecule has 0 unspecified atom stereocenters. The van der Waals surface area contributed by atoms with Gasteiger partial charge in [0.1, 0.15) is 5.82 Å². The van der Waals surface area contributed by atoms with Crippen molar-refractivity contribution >= 4 is 18.0 Å². The van der Waals surface area contributed by atoms with Gasteiger partial charge in [-0.1, -0.05) is 17.3 Å². The number of aromatic nitrogens is 3. The maximum Gasteiger partial charge on any atom is 0.340 e. The van der Waals surface area contributed by atoms with Crippen LogP contribution in [-0.4, -0.2) is 21.0 Å². The van der Waals surface area contributed by atoms with E-state index in [0.717, 1.165) is 5.56 Å². The zero-order chi connectivity index (χ0) is 16.8. The Morgan fingerprint density at radius 3 is 2.83 bits per heavy atom. The van der Waals surface area contributed by atoms with Crippen LogP contribution in [0.1, 0.15) is 5.56 Å². The molecule has 0 aliphatic heterocycles. The molecule has 0 aliphatic carbocycles. The van der Waals surface area contributed by atoms with Crippen LogP contribution < -0.4 is 10.9 Å². The number of pyridine rings is 1. The molecule has 120 valence electrons. The monoisotopic (exact) mass is 325 g/mol. The van der Waals surface area contributed by atoms with Gasteiger partial charge in [-0.2, -0.15) is 4.98 Å². The fraction of sp³-hybridized carbons (Fsp3) is 0. The number of hydrogen-bond donors (Lipinski definition) is 2. The number of rotatable bonds is 5. The molecule has 2 heterocycles. The second-order valence-electron chi connectivity index (χ2n) is 4.66. The van der Waals surface area contributed by atoms with Crippen LogP contribution in [0.5, 0.6) is 0 Å². The number of anilines is 1. The maximum absolute atomic E-state index is 13.0. The molecule has 0 aliphatic rings. The number of hydrazine groups is 1. The first kappa shape index (κ1) is 15.3. The predicted octanol–water partition coefficient (Wildman–Crippen LogP) is 2.43. The molecule has 3 aromatic rings. The van der Waals surface area contributed by atoms with Crippen molar-refractivity contribution in [2.24, 2.45) is 0 Å². The lowest BCUT2D eigenvalue weighted by Gasteiger charge is -2.00. The third-order valence-electron chi connectivity index (χ3n) is 2.93. The van der Waals surface area contributed by atoms with Crippen molar-refractivity contribution in [3.05, 3.63) is 66.2 Å². The highest BCUT2D eigenvalue weighted by molar-refractivity contribution is 5.92. The van der Waals surface area contributed by atoms with Gasteiger partial charge in [0.2, 0.25) is 5.82 Å². The molecule has 2 N–H and O–H groups in total. The molecular formula is C16H12FN5O2. The van der Waals surface area contributed by atoms with Crippen LogP contribution >= 0.6 is 0 Å². The Bertz CT molecular complexity index is 864. The molecule has 3 rings (SSSR count). The minimum absolute atomic E-state index is 0.0364. The van der Waals surface area contributed by atoms with Crippen molar-refractivity contribution in [3.8, 4) is 11.4 Å². The van der Waals surface area contributed by atoms with Crippen LogP contribution in [0, 0.1) is 5.82 Å². The smallest absolute Gasteiger partial charge is 0.313 e. The first-order valence-corrected chi connectivity index (χ1v) is 6.94. The SMILES string of the molecule is O=C(/C=C/c1cccc(F)c1)NNc1nc(-c2ccncc2)no1. The minimum atomic E-state index is -0.456. The van der Waals surface area contributed by atoms with Crippen molar-refractivity contribution in [1.82, 2.24) is 20.6 Å². The van der Waals surface area contributed by atoms with Crippen LogP contribution in [-0.2, 0) is 4.79 Å². The molecule has 0 atom stereocenters. The standard InChI is InChI=1S/C16H12FN5O2/c17-13-3-1-2-11(10-13)4-5-14(23)20-21-16-19-15(22-24-16)12-6-8-18-9-7-12/h1-10H,(H,20,23)(H,19,21,22)/b5-4+. The molecule has 0 saturated carbocycles. The van der Waals surface area contributed by atoms with Crippen molar-refractivity contribution in [3.63, 3.8) is 0 Å². The Morgan fingerprint density at radius 1 is 1.21 bits per heavy atom. The highest BCUT2D eigenvalue weighted by atomic mass is 19.1. The number of nitrogens with one attached hydrogen (secondary N) is 2. The van der Waals surface area contributed by atoms with E-state index in [9.17, 15) is 9.18 Å². The number of nitrogens with zero attached hydrogens (tertiary/aromatic N) is 3. The van der Waals surface area contributed by atoms with Crippen molar-refractivity contribution in [2.45, 2.75) is 0 Å². The molecule has 7 nitrogen and oxygen atoms in total. The van der Waals surface area contributed by atoms with Gasteiger partial charge in [-0.05, 0) is 35.9 Å². The maximum atomic E-state index is 13.0. The highest BCUT2D eigenvalue weighted by Gasteiger charge is 2.08. The summed E-state index contributed by atoms with van der Waals surface area (Å²) in [6.45, 7) is 0. The summed E-state index contributed by atoms with van der Waals surface area (Å²) in [6, 6.07) is 9.38. The summed E-state index contributed by atoms with van der Waals surface area (Å²) in [5, 5.41) is 3.78. The van der Waals surface area contributed by atoms with Crippen molar-refractivity contribution in [2.75, 3.05) is 5.43 Å². The first-order chi connectivity index (χ1) is 11.7. The molecule has 2 aromatic heterocycles. The number of carbonyl (C=O) groups is 1. The van der Waals surface area contributed by atoms with Gasteiger partial charge in [0.05, 0.1) is 0 Å². The number of carbonyl (C=O) groups excluding carboxylic acids is 1. The summed E-state index contributed by atoms with van der Waals surface area (Å²) in [4.78, 5) is 19.7. The van der Waals surface area contributed by atoms with E-state index in [4.69, 9.17) is 4.52 Å². The topological polar surface area (TPSA) is 92.9 Å². The lowest BCUT2D eigenvalue weighted by molar-refractivity contribution is -0.116. The lowest BCUT2D eigenvalue weighted by Crippen LogP contribution is -2.27. The fourth-order valence-corrected chi connectivity index (χ4v) is 1.83. The Morgan fingerprint density at radius 2 is 2.04 bits per heavy atom. The average molecular weight is 325 g/mol. The third kappa shape index (κ3) is 4.01. The summed E-state index contributed by atoms with van der Waals surface area (Å²) in [5.74, 6) is -0.461. The molecule has 0 spiro atoms. The Kier molecular flexibility index (Phi) is 4.57. The summed E-state index contributed by atoms with van der Waals surface area (Å²) >= 11 is 0. The predicted molar refractivity (Wildman–Crippen MR) is 84.7 cm³/mol. The molecule has 0 fully saturated rings. The van der Waals surface area contributed by atoms with E-state index in [1.165, 1.54) is 24.3 Å². The van der Waals surface area contributed by atoms with Gasteiger partial charge < -0.3 is 4.52 Å². The molecular weight excluding hydrogens is 313 g/mol. The van der Waals surface area contributed by atoms with E-state index >= 15 is 0 Å². The summed E-state index contributed by atoms with van der Waals surface area (Å²) in [7, 11) is 0. The van der Waals surface area contributed by atoms with E-state index in [1.54, 1.807) is 36.7 Å². The molecule has 1 aromatic carbocycles. The normalized spacial score (nSPS) is 10.7. The van der Waals surface area contributed by atoms with Gasteiger partial charge >= 0.3 is 6.01 Å². The van der Waals surface area contributed by atoms with E-state index < -0.39 is 5.91 Å². The summed E-state index contributed by atoms with van der Waals surface area (Å²) < 4.78 is 18.0. The van der Waals surface area contributed by atoms with Crippen molar-refractivity contribution < 1.29 is 13.7 Å². The third-order valence-corrected chi connectivity index (χ3v) is 2.93. The quantitative estimate of drug-likeness (QED) is 0.553. The summed E-state index contributed by atoms with van der Waals surface area (Å²) in [5.41, 5.74) is 6.18. The zero-order valence-corrected chi connectivity index (χ0v) is 12.3. The van der Waals surface area contributed by atoms with Gasteiger partial charge in [0, 0.05) is 24.0 Å².